The number of nitrogens with one attached hydrogen (secondary N) is 1. The van der Waals surface area contributed by atoms with Gasteiger partial charge in [-0.2, -0.15) is 11.8 Å². The lowest BCUT2D eigenvalue weighted by Crippen LogP contribution is -2.15. The van der Waals surface area contributed by atoms with Crippen LogP contribution in [0.5, 0.6) is 0 Å². The van der Waals surface area contributed by atoms with E-state index >= 15 is 0 Å². The molecule has 1 atom stereocenters. The zero-order valence-electron chi connectivity index (χ0n) is 11.4. The van der Waals surface area contributed by atoms with Gasteiger partial charge in [-0.25, -0.2) is 4.79 Å². The molecule has 2 rings (SSSR count). The Labute approximate surface area is 118 Å². The molecule has 0 radical (unpaired) electrons. The van der Waals surface area contributed by atoms with Crippen molar-refractivity contribution >= 4 is 29.1 Å². The van der Waals surface area contributed by atoms with Crippen molar-refractivity contribution in [2.75, 3.05) is 30.5 Å². The maximum absolute atomic E-state index is 11.7. The molecule has 0 bridgehead atoms. The van der Waals surface area contributed by atoms with Crippen molar-refractivity contribution in [2.45, 2.75) is 25.0 Å². The molecule has 0 aliphatic carbocycles. The van der Waals surface area contributed by atoms with Crippen molar-refractivity contribution in [3.63, 3.8) is 0 Å². The standard InChI is InChI=1S/C14H20N2O2S/c1-9-6-10(16-8-11-4-3-5-19-11)7-12(13(9)15)14(17)18-2/h6-7,11,16H,3-5,8,15H2,1-2H3. The minimum Gasteiger partial charge on any atom is -0.465 e. The second kappa shape index (κ2) is 6.19. The molecule has 1 aliphatic heterocycles. The molecule has 0 aromatic heterocycles. The second-order valence-electron chi connectivity index (χ2n) is 4.76. The highest BCUT2D eigenvalue weighted by atomic mass is 32.2. The third-order valence-electron chi connectivity index (χ3n) is 3.35. The van der Waals surface area contributed by atoms with E-state index < -0.39 is 0 Å². The second-order valence-corrected chi connectivity index (χ2v) is 6.17. The first-order valence-electron chi connectivity index (χ1n) is 6.45. The Kier molecular flexibility index (Phi) is 4.58. The number of hydrogen-bond donors (Lipinski definition) is 2. The number of carbonyl (C=O) groups excluding carboxylic acids is 1. The largest absolute Gasteiger partial charge is 0.465 e. The van der Waals surface area contributed by atoms with Gasteiger partial charge in [0.25, 0.3) is 0 Å². The lowest BCUT2D eigenvalue weighted by Gasteiger charge is -2.14. The summed E-state index contributed by atoms with van der Waals surface area (Å²) in [5.74, 6) is 0.861. The van der Waals surface area contributed by atoms with E-state index in [1.807, 2.05) is 24.8 Å². The summed E-state index contributed by atoms with van der Waals surface area (Å²) < 4.78 is 4.75. The number of carbonyl (C=O) groups is 1. The molecular formula is C14H20N2O2S. The van der Waals surface area contributed by atoms with Gasteiger partial charge in [0.15, 0.2) is 0 Å². The van der Waals surface area contributed by atoms with E-state index in [9.17, 15) is 4.79 Å². The fourth-order valence-corrected chi connectivity index (χ4v) is 3.42. The molecule has 1 aromatic carbocycles. The summed E-state index contributed by atoms with van der Waals surface area (Å²) in [5.41, 5.74) is 8.66. The number of aryl methyl sites for hydroxylation is 1. The van der Waals surface area contributed by atoms with Crippen molar-refractivity contribution in [3.8, 4) is 0 Å². The first-order chi connectivity index (χ1) is 9.11. The van der Waals surface area contributed by atoms with E-state index in [1.165, 1.54) is 25.7 Å². The van der Waals surface area contributed by atoms with Crippen molar-refractivity contribution < 1.29 is 9.53 Å². The number of nitrogens with two attached hydrogens (primary N) is 1. The molecule has 104 valence electrons. The van der Waals surface area contributed by atoms with Crippen LogP contribution < -0.4 is 11.1 Å². The first kappa shape index (κ1) is 14.1. The smallest absolute Gasteiger partial charge is 0.340 e. The zero-order chi connectivity index (χ0) is 13.8. The molecule has 1 unspecified atom stereocenters. The SMILES string of the molecule is COC(=O)c1cc(NCC2CCCS2)cc(C)c1N. The number of esters is 1. The minimum absolute atomic E-state index is 0.389. The molecule has 1 fully saturated rings. The van der Waals surface area contributed by atoms with Crippen LogP contribution in [0.25, 0.3) is 0 Å². The predicted molar refractivity (Wildman–Crippen MR) is 80.9 cm³/mol. The van der Waals surface area contributed by atoms with Gasteiger partial charge in [-0.05, 0) is 43.2 Å². The van der Waals surface area contributed by atoms with Crippen LogP contribution in [-0.4, -0.2) is 30.6 Å². The van der Waals surface area contributed by atoms with Crippen LogP contribution in [0.3, 0.4) is 0 Å². The van der Waals surface area contributed by atoms with Gasteiger partial charge in [-0.1, -0.05) is 0 Å². The van der Waals surface area contributed by atoms with E-state index in [0.717, 1.165) is 17.8 Å². The third kappa shape index (κ3) is 3.35. The number of methoxy groups -OCH3 is 1. The molecule has 19 heavy (non-hydrogen) atoms. The Bertz CT molecular complexity index is 471. The lowest BCUT2D eigenvalue weighted by molar-refractivity contribution is 0.0602. The van der Waals surface area contributed by atoms with E-state index in [1.54, 1.807) is 6.07 Å². The average Bonchev–Trinajstić information content (AvgIpc) is 2.92. The van der Waals surface area contributed by atoms with Gasteiger partial charge in [0, 0.05) is 23.2 Å². The summed E-state index contributed by atoms with van der Waals surface area (Å²) in [4.78, 5) is 11.7. The van der Waals surface area contributed by atoms with Crippen molar-refractivity contribution in [3.05, 3.63) is 23.3 Å². The van der Waals surface area contributed by atoms with Gasteiger partial charge in [-0.3, -0.25) is 0 Å². The highest BCUT2D eigenvalue weighted by Crippen LogP contribution is 2.28. The van der Waals surface area contributed by atoms with Gasteiger partial charge in [-0.15, -0.1) is 0 Å². The van der Waals surface area contributed by atoms with Gasteiger partial charge in [0.1, 0.15) is 0 Å². The number of anilines is 2. The van der Waals surface area contributed by atoms with Gasteiger partial charge < -0.3 is 15.8 Å². The summed E-state index contributed by atoms with van der Waals surface area (Å²) in [6, 6.07) is 3.75. The monoisotopic (exact) mass is 280 g/mol. The molecule has 3 N–H and O–H groups in total. The summed E-state index contributed by atoms with van der Waals surface area (Å²) in [7, 11) is 1.37. The van der Waals surface area contributed by atoms with Crippen LogP contribution in [0.2, 0.25) is 0 Å². The Morgan fingerprint density at radius 2 is 2.37 bits per heavy atom. The van der Waals surface area contributed by atoms with E-state index in [0.29, 0.717) is 16.5 Å². The fraction of sp³-hybridized carbons (Fsp3) is 0.500. The highest BCUT2D eigenvalue weighted by Gasteiger charge is 2.17. The Morgan fingerprint density at radius 1 is 1.58 bits per heavy atom. The Balaban J connectivity index is 2.11. The van der Waals surface area contributed by atoms with Crippen LogP contribution in [-0.2, 0) is 4.74 Å². The molecule has 5 heteroatoms. The van der Waals surface area contributed by atoms with Crippen LogP contribution >= 0.6 is 11.8 Å². The lowest BCUT2D eigenvalue weighted by atomic mass is 10.1. The third-order valence-corrected chi connectivity index (χ3v) is 4.75. The summed E-state index contributed by atoms with van der Waals surface area (Å²) in [6.07, 6.45) is 2.56. The van der Waals surface area contributed by atoms with Crippen molar-refractivity contribution in [1.29, 1.82) is 0 Å². The highest BCUT2D eigenvalue weighted by molar-refractivity contribution is 8.00. The fourth-order valence-electron chi connectivity index (χ4n) is 2.22. The van der Waals surface area contributed by atoms with Crippen LogP contribution in [0.4, 0.5) is 11.4 Å². The molecule has 0 spiro atoms. The number of nitrogen functional groups attached to an aromatic ring is 1. The molecular weight excluding hydrogens is 260 g/mol. The summed E-state index contributed by atoms with van der Waals surface area (Å²) in [5, 5.41) is 4.06. The van der Waals surface area contributed by atoms with E-state index in [-0.39, 0.29) is 5.97 Å². The number of benzene rings is 1. The van der Waals surface area contributed by atoms with E-state index in [2.05, 4.69) is 5.32 Å². The van der Waals surface area contributed by atoms with Crippen LogP contribution in [0.1, 0.15) is 28.8 Å². The Hall–Kier alpha value is -1.36. The zero-order valence-corrected chi connectivity index (χ0v) is 12.2. The number of hydrogen-bond acceptors (Lipinski definition) is 5. The molecule has 0 amide bonds. The van der Waals surface area contributed by atoms with Gasteiger partial charge in [0.05, 0.1) is 12.7 Å². The first-order valence-corrected chi connectivity index (χ1v) is 7.50. The number of thioether (sulfide) groups is 1. The van der Waals surface area contributed by atoms with Crippen LogP contribution in [0, 0.1) is 6.92 Å². The molecule has 1 aromatic rings. The molecule has 1 aliphatic rings. The quantitative estimate of drug-likeness (QED) is 0.656. The van der Waals surface area contributed by atoms with Crippen molar-refractivity contribution in [2.24, 2.45) is 0 Å². The number of ether oxygens (including phenoxy) is 1. The van der Waals surface area contributed by atoms with Crippen LogP contribution in [0.15, 0.2) is 12.1 Å². The minimum atomic E-state index is -0.389. The maximum atomic E-state index is 11.7. The summed E-state index contributed by atoms with van der Waals surface area (Å²) >= 11 is 2.01. The van der Waals surface area contributed by atoms with Crippen molar-refractivity contribution in [1.82, 2.24) is 0 Å². The number of rotatable bonds is 4. The normalized spacial score (nSPS) is 18.3. The molecule has 1 saturated heterocycles. The molecule has 1 heterocycles. The topological polar surface area (TPSA) is 64.3 Å². The summed E-state index contributed by atoms with van der Waals surface area (Å²) in [6.45, 7) is 2.83. The maximum Gasteiger partial charge on any atom is 0.340 e. The van der Waals surface area contributed by atoms with Gasteiger partial charge in [0.2, 0.25) is 0 Å². The Morgan fingerprint density at radius 3 is 3.00 bits per heavy atom. The molecule has 4 nitrogen and oxygen atoms in total. The predicted octanol–water partition coefficient (Wildman–Crippen LogP) is 2.67. The molecule has 0 saturated carbocycles. The van der Waals surface area contributed by atoms with Gasteiger partial charge >= 0.3 is 5.97 Å². The average molecular weight is 280 g/mol. The van der Waals surface area contributed by atoms with E-state index in [4.69, 9.17) is 10.5 Å².